The zero-order chi connectivity index (χ0) is 44.6. The number of aliphatic carboxylic acids is 1. The molecule has 8 heteroatoms. The molecule has 2 aromatic carbocycles. The summed E-state index contributed by atoms with van der Waals surface area (Å²) in [5.74, 6) is 1.70. The van der Waals surface area contributed by atoms with Crippen molar-refractivity contribution in [3.05, 3.63) is 109 Å². The van der Waals surface area contributed by atoms with Crippen molar-refractivity contribution in [3.63, 3.8) is 0 Å². The Balaban J connectivity index is 2.24. The van der Waals surface area contributed by atoms with E-state index in [1.165, 1.54) is 6.42 Å². The second-order valence-corrected chi connectivity index (χ2v) is 23.0. The van der Waals surface area contributed by atoms with Crippen LogP contribution in [-0.4, -0.2) is 51.9 Å². The Morgan fingerprint density at radius 3 is 1.68 bits per heavy atom. The fourth-order valence-electron chi connectivity index (χ4n) is 7.25. The summed E-state index contributed by atoms with van der Waals surface area (Å²) in [5, 5.41) is 8.94. The lowest BCUT2D eigenvalue weighted by Crippen LogP contribution is -2.49. The van der Waals surface area contributed by atoms with Crippen LogP contribution in [0.15, 0.2) is 97.6 Å². The van der Waals surface area contributed by atoms with Gasteiger partial charge in [0.25, 0.3) is 0 Å². The van der Waals surface area contributed by atoms with Gasteiger partial charge in [0.05, 0.1) is 45.7 Å². The smallest absolute Gasteiger partial charge is 0.303 e. The molecule has 0 aliphatic heterocycles. The summed E-state index contributed by atoms with van der Waals surface area (Å²) in [4.78, 5) is 10.8. The van der Waals surface area contributed by atoms with E-state index in [9.17, 15) is 4.79 Å². The van der Waals surface area contributed by atoms with Crippen LogP contribution in [0.5, 0.6) is 11.5 Å². The average Bonchev–Trinajstić information content (AvgIpc) is 3.22. The van der Waals surface area contributed by atoms with Crippen molar-refractivity contribution in [1.82, 2.24) is 0 Å². The molecule has 0 amide bonds. The van der Waals surface area contributed by atoms with Crippen LogP contribution in [0.4, 0.5) is 0 Å². The van der Waals surface area contributed by atoms with Crippen LogP contribution in [0.25, 0.3) is 0 Å². The molecule has 60 heavy (non-hydrogen) atoms. The predicted octanol–water partition coefficient (Wildman–Crippen LogP) is 13.9. The lowest BCUT2D eigenvalue weighted by atomic mass is 9.86. The molecule has 0 aromatic heterocycles. The van der Waals surface area contributed by atoms with E-state index in [2.05, 4.69) is 123 Å². The standard InChI is InChI=1S/C52H82O7Si/c1-13-14-25-42(4)51(59-60(11,12)52(6,7)8)43(5)48(57-38-44-30-34-46(55-9)35-31-44)28-24-23-27-41(3)50(58-39-45-32-36-47(56-10)37-33-45)40(2)26-21-19-17-15-16-18-20-22-29-49(53)54/h13-14,21,23,25-27,30-37,40-43,48,50-51H,1,15-20,22,24,28-29,38-39H2,2-12H3,(H,53,54)/b25-14+,26-21+,27-23+/t40-,41-,42-,43+,48+,50-,51+/m0/s1. The van der Waals surface area contributed by atoms with Crippen LogP contribution in [0.3, 0.4) is 0 Å². The molecule has 2 rings (SSSR count). The maximum absolute atomic E-state index is 10.8. The van der Waals surface area contributed by atoms with Gasteiger partial charge >= 0.3 is 5.97 Å². The van der Waals surface area contributed by atoms with Crippen molar-refractivity contribution >= 4 is 14.3 Å². The van der Waals surface area contributed by atoms with Crippen molar-refractivity contribution in [2.24, 2.45) is 23.7 Å². The van der Waals surface area contributed by atoms with Gasteiger partial charge < -0.3 is 28.5 Å². The fourth-order valence-corrected chi connectivity index (χ4v) is 8.72. The zero-order valence-corrected chi connectivity index (χ0v) is 40.3. The molecular weight excluding hydrogens is 765 g/mol. The van der Waals surface area contributed by atoms with Gasteiger partial charge in [0.1, 0.15) is 11.5 Å². The maximum atomic E-state index is 10.8. The first kappa shape index (κ1) is 52.7. The van der Waals surface area contributed by atoms with Crippen LogP contribution >= 0.6 is 0 Å². The van der Waals surface area contributed by atoms with Gasteiger partial charge in [-0.15, -0.1) is 0 Å². The number of carbonyl (C=O) groups is 1. The Morgan fingerprint density at radius 1 is 0.700 bits per heavy atom. The molecule has 1 N–H and O–H groups in total. The SMILES string of the molecule is C=C/C=C/[C@H](C)[C@@H](O[Si](C)(C)C(C)(C)C)[C@H](C)[C@@H](CC/C=C/[C@H](C)[C@@H](OCc1ccc(OC)cc1)[C@@H](C)/C=C/CCCCCCCCC(=O)O)OCc1ccc(OC)cc1. The Morgan fingerprint density at radius 2 is 1.18 bits per heavy atom. The molecule has 7 nitrogen and oxygen atoms in total. The van der Waals surface area contributed by atoms with E-state index in [1.807, 2.05) is 36.4 Å². The quantitative estimate of drug-likeness (QED) is 0.0350. The van der Waals surface area contributed by atoms with E-state index >= 15 is 0 Å². The van der Waals surface area contributed by atoms with Crippen molar-refractivity contribution in [3.8, 4) is 11.5 Å². The molecule has 0 aliphatic carbocycles. The number of hydrogen-bond acceptors (Lipinski definition) is 6. The van der Waals surface area contributed by atoms with E-state index in [0.717, 1.165) is 74.0 Å². The summed E-state index contributed by atoms with van der Waals surface area (Å²) in [6.07, 6.45) is 24.7. The van der Waals surface area contributed by atoms with Crippen molar-refractivity contribution < 1.29 is 33.3 Å². The molecule has 0 heterocycles. The van der Waals surface area contributed by atoms with E-state index < -0.39 is 14.3 Å². The van der Waals surface area contributed by atoms with Gasteiger partial charge in [-0.1, -0.05) is 148 Å². The largest absolute Gasteiger partial charge is 0.497 e. The zero-order valence-electron chi connectivity index (χ0n) is 39.3. The number of benzene rings is 2. The maximum Gasteiger partial charge on any atom is 0.303 e. The monoisotopic (exact) mass is 847 g/mol. The Kier molecular flexibility index (Phi) is 24.8. The van der Waals surface area contributed by atoms with E-state index in [0.29, 0.717) is 13.2 Å². The number of rotatable bonds is 31. The fraction of sp³-hybridized carbons (Fsp3) is 0.596. The Bertz CT molecular complexity index is 1560. The van der Waals surface area contributed by atoms with Gasteiger partial charge in [-0.2, -0.15) is 0 Å². The lowest BCUT2D eigenvalue weighted by molar-refractivity contribution is -0.137. The normalized spacial score (nSPS) is 16.1. The van der Waals surface area contributed by atoms with Crippen LogP contribution in [0.2, 0.25) is 18.1 Å². The van der Waals surface area contributed by atoms with Crippen LogP contribution in [0.1, 0.15) is 124 Å². The molecule has 0 saturated heterocycles. The highest BCUT2D eigenvalue weighted by atomic mass is 28.4. The molecule has 0 aliphatic rings. The summed E-state index contributed by atoms with van der Waals surface area (Å²) < 4.78 is 31.6. The van der Waals surface area contributed by atoms with Crippen molar-refractivity contribution in [2.45, 2.75) is 162 Å². The molecule has 0 fully saturated rings. The third kappa shape index (κ3) is 20.0. The number of methoxy groups -OCH3 is 2. The Hall–Kier alpha value is -3.43. The van der Waals surface area contributed by atoms with Crippen LogP contribution < -0.4 is 9.47 Å². The molecule has 336 valence electrons. The molecule has 0 saturated carbocycles. The summed E-state index contributed by atoms with van der Waals surface area (Å²) in [7, 11) is 1.27. The molecule has 0 bridgehead atoms. The number of carboxylic acids is 1. The van der Waals surface area contributed by atoms with Gasteiger partial charge in [0.15, 0.2) is 8.32 Å². The molecule has 0 spiro atoms. The highest BCUT2D eigenvalue weighted by Crippen LogP contribution is 2.40. The molecule has 2 aromatic rings. The average molecular weight is 847 g/mol. The van der Waals surface area contributed by atoms with Gasteiger partial charge in [0, 0.05) is 24.2 Å². The first-order valence-electron chi connectivity index (χ1n) is 22.5. The predicted molar refractivity (Wildman–Crippen MR) is 253 cm³/mol. The van der Waals surface area contributed by atoms with Gasteiger partial charge in [-0.05, 0) is 91.5 Å². The topological polar surface area (TPSA) is 83.5 Å². The number of unbranched alkanes of at least 4 members (excludes halogenated alkanes) is 6. The van der Waals surface area contributed by atoms with E-state index in [-0.39, 0.29) is 53.4 Å². The molecule has 0 unspecified atom stereocenters. The minimum Gasteiger partial charge on any atom is -0.497 e. The first-order chi connectivity index (χ1) is 28.5. The third-order valence-electron chi connectivity index (χ3n) is 12.2. The van der Waals surface area contributed by atoms with Crippen molar-refractivity contribution in [1.29, 1.82) is 0 Å². The second kappa shape index (κ2) is 28.2. The summed E-state index contributed by atoms with van der Waals surface area (Å²) >= 11 is 0. The number of hydrogen-bond donors (Lipinski definition) is 1. The first-order valence-corrected chi connectivity index (χ1v) is 25.4. The summed E-state index contributed by atoms with van der Waals surface area (Å²) in [5.41, 5.74) is 2.24. The van der Waals surface area contributed by atoms with E-state index in [1.54, 1.807) is 14.2 Å². The van der Waals surface area contributed by atoms with Gasteiger partial charge in [-0.25, -0.2) is 0 Å². The lowest BCUT2D eigenvalue weighted by Gasteiger charge is -2.44. The summed E-state index contributed by atoms with van der Waals surface area (Å²) in [6, 6.07) is 16.3. The molecule has 0 radical (unpaired) electrons. The highest BCUT2D eigenvalue weighted by Gasteiger charge is 2.42. The third-order valence-corrected chi connectivity index (χ3v) is 16.7. The Labute approximate surface area is 366 Å². The van der Waals surface area contributed by atoms with Gasteiger partial charge in [-0.3, -0.25) is 4.79 Å². The number of carboxylic acid groups (broad SMARTS) is 1. The van der Waals surface area contributed by atoms with Crippen LogP contribution in [-0.2, 0) is 31.9 Å². The number of allylic oxidation sites excluding steroid dienone is 4. The second-order valence-electron chi connectivity index (χ2n) is 18.2. The minimum absolute atomic E-state index is 0.00487. The highest BCUT2D eigenvalue weighted by molar-refractivity contribution is 6.74. The molecular formula is C52H82O7Si. The number of ether oxygens (including phenoxy) is 4. The van der Waals surface area contributed by atoms with Crippen LogP contribution in [0, 0.1) is 23.7 Å². The van der Waals surface area contributed by atoms with E-state index in [4.69, 9.17) is 28.5 Å². The summed E-state index contributed by atoms with van der Waals surface area (Å²) in [6.45, 7) is 25.6. The van der Waals surface area contributed by atoms with Crippen molar-refractivity contribution in [2.75, 3.05) is 14.2 Å². The minimum atomic E-state index is -2.10. The molecule has 7 atom stereocenters. The van der Waals surface area contributed by atoms with Gasteiger partial charge in [0.2, 0.25) is 0 Å².